The van der Waals surface area contributed by atoms with Crippen molar-refractivity contribution in [1.82, 2.24) is 10.2 Å². The Kier molecular flexibility index (Phi) is 5.64. The number of carbonyl (C=O) groups is 1. The highest BCUT2D eigenvalue weighted by atomic mass is 32.2. The lowest BCUT2D eigenvalue weighted by atomic mass is 10.1. The molecule has 138 valence electrons. The minimum Gasteiger partial charge on any atom is -0.484 e. The zero-order chi connectivity index (χ0) is 17.9. The number of nitrogens with zero attached hydrogens (tertiary/aromatic N) is 1. The number of likely N-dealkylation sites (tertiary alicyclic amines) is 1. The summed E-state index contributed by atoms with van der Waals surface area (Å²) in [5, 5.41) is 2.87. The maximum absolute atomic E-state index is 12.2. The standard InChI is InChI=1S/C18H26N2O4S/c1-2-14-5-7-15(8-6-14)24-11-18(21)19-16-12-25(22,23)13-17(16)20-9-3-4-10-20/h5-8,16-17H,2-4,9-13H2,1H3,(H,19,21). The number of amides is 1. The van der Waals surface area contributed by atoms with E-state index in [1.54, 1.807) is 0 Å². The van der Waals surface area contributed by atoms with Gasteiger partial charge in [-0.2, -0.15) is 0 Å². The summed E-state index contributed by atoms with van der Waals surface area (Å²) in [6, 6.07) is 7.18. The van der Waals surface area contributed by atoms with Gasteiger partial charge in [0.25, 0.3) is 5.91 Å². The Morgan fingerprint density at radius 2 is 1.88 bits per heavy atom. The first-order chi connectivity index (χ1) is 12.0. The number of aryl methyl sites for hydroxylation is 1. The molecular formula is C18H26N2O4S. The summed E-state index contributed by atoms with van der Waals surface area (Å²) < 4.78 is 29.6. The van der Waals surface area contributed by atoms with Gasteiger partial charge in [-0.1, -0.05) is 19.1 Å². The van der Waals surface area contributed by atoms with E-state index in [1.807, 2.05) is 24.3 Å². The van der Waals surface area contributed by atoms with Crippen LogP contribution >= 0.6 is 0 Å². The van der Waals surface area contributed by atoms with Gasteiger partial charge in [-0.25, -0.2) is 8.42 Å². The van der Waals surface area contributed by atoms with Gasteiger partial charge in [-0.15, -0.1) is 0 Å². The van der Waals surface area contributed by atoms with E-state index in [1.165, 1.54) is 5.56 Å². The number of rotatable bonds is 6. The Balaban J connectivity index is 1.55. The summed E-state index contributed by atoms with van der Waals surface area (Å²) in [5.74, 6) is 0.524. The van der Waals surface area contributed by atoms with Gasteiger partial charge in [0, 0.05) is 6.04 Å². The smallest absolute Gasteiger partial charge is 0.258 e. The molecule has 2 saturated heterocycles. The minimum absolute atomic E-state index is 0.0190. The maximum atomic E-state index is 12.2. The summed E-state index contributed by atoms with van der Waals surface area (Å²) in [6.07, 6.45) is 3.14. The lowest BCUT2D eigenvalue weighted by Gasteiger charge is -2.28. The van der Waals surface area contributed by atoms with Crippen molar-refractivity contribution in [2.75, 3.05) is 31.2 Å². The lowest BCUT2D eigenvalue weighted by molar-refractivity contribution is -0.124. The van der Waals surface area contributed by atoms with Gasteiger partial charge in [0.05, 0.1) is 17.5 Å². The maximum Gasteiger partial charge on any atom is 0.258 e. The Bertz CT molecular complexity index is 696. The molecule has 0 bridgehead atoms. The number of benzene rings is 1. The van der Waals surface area contributed by atoms with Crippen LogP contribution in [0.1, 0.15) is 25.3 Å². The number of sulfone groups is 1. The molecule has 25 heavy (non-hydrogen) atoms. The van der Waals surface area contributed by atoms with E-state index < -0.39 is 9.84 Å². The molecule has 2 fully saturated rings. The first kappa shape index (κ1) is 18.2. The zero-order valence-electron chi connectivity index (χ0n) is 14.6. The SMILES string of the molecule is CCc1ccc(OCC(=O)NC2CS(=O)(=O)CC2N2CCCC2)cc1. The van der Waals surface area contributed by atoms with E-state index in [4.69, 9.17) is 4.74 Å². The molecule has 2 aliphatic heterocycles. The first-order valence-electron chi connectivity index (χ1n) is 8.92. The topological polar surface area (TPSA) is 75.7 Å². The van der Waals surface area contributed by atoms with Crippen molar-refractivity contribution < 1.29 is 17.9 Å². The number of nitrogens with one attached hydrogen (secondary N) is 1. The summed E-state index contributed by atoms with van der Waals surface area (Å²) in [5.41, 5.74) is 1.21. The second kappa shape index (κ2) is 7.74. The Labute approximate surface area is 149 Å². The van der Waals surface area contributed by atoms with Crippen LogP contribution in [-0.4, -0.2) is 62.5 Å². The first-order valence-corrected chi connectivity index (χ1v) is 10.7. The van der Waals surface area contributed by atoms with Gasteiger partial charge in [-0.05, 0) is 50.0 Å². The molecular weight excluding hydrogens is 340 g/mol. The van der Waals surface area contributed by atoms with Gasteiger partial charge in [0.15, 0.2) is 16.4 Å². The highest BCUT2D eigenvalue weighted by Gasteiger charge is 2.42. The Morgan fingerprint density at radius 3 is 2.52 bits per heavy atom. The van der Waals surface area contributed by atoms with Crippen molar-refractivity contribution in [3.05, 3.63) is 29.8 Å². The molecule has 1 amide bonds. The van der Waals surface area contributed by atoms with Crippen molar-refractivity contribution in [1.29, 1.82) is 0 Å². The van der Waals surface area contributed by atoms with Gasteiger partial charge in [0.1, 0.15) is 5.75 Å². The second-order valence-corrected chi connectivity index (χ2v) is 9.00. The Hall–Kier alpha value is -1.60. The van der Waals surface area contributed by atoms with Crippen LogP contribution in [0.15, 0.2) is 24.3 Å². The van der Waals surface area contributed by atoms with Crippen molar-refractivity contribution in [2.24, 2.45) is 0 Å². The molecule has 2 heterocycles. The number of ether oxygens (including phenoxy) is 1. The quantitative estimate of drug-likeness (QED) is 0.813. The second-order valence-electron chi connectivity index (χ2n) is 6.85. The zero-order valence-corrected chi connectivity index (χ0v) is 15.4. The fraction of sp³-hybridized carbons (Fsp3) is 0.611. The summed E-state index contributed by atoms with van der Waals surface area (Å²) in [7, 11) is -3.10. The van der Waals surface area contributed by atoms with Crippen molar-refractivity contribution in [3.63, 3.8) is 0 Å². The molecule has 2 unspecified atom stereocenters. The van der Waals surface area contributed by atoms with Crippen LogP contribution in [0.5, 0.6) is 5.75 Å². The van der Waals surface area contributed by atoms with Gasteiger partial charge in [-0.3, -0.25) is 9.69 Å². The molecule has 7 heteroatoms. The van der Waals surface area contributed by atoms with Gasteiger partial charge >= 0.3 is 0 Å². The van der Waals surface area contributed by atoms with Crippen LogP contribution in [0.3, 0.4) is 0 Å². The van der Waals surface area contributed by atoms with E-state index in [2.05, 4.69) is 17.1 Å². The van der Waals surface area contributed by atoms with E-state index in [0.717, 1.165) is 32.4 Å². The van der Waals surface area contributed by atoms with Crippen LogP contribution in [0, 0.1) is 0 Å². The average molecular weight is 366 g/mol. The van der Waals surface area contributed by atoms with Crippen LogP contribution in [0.4, 0.5) is 0 Å². The van der Waals surface area contributed by atoms with E-state index >= 15 is 0 Å². The highest BCUT2D eigenvalue weighted by Crippen LogP contribution is 2.22. The molecule has 0 saturated carbocycles. The van der Waals surface area contributed by atoms with Crippen molar-refractivity contribution in [2.45, 2.75) is 38.3 Å². The largest absolute Gasteiger partial charge is 0.484 e. The number of hydrogen-bond donors (Lipinski definition) is 1. The molecule has 0 aromatic heterocycles. The molecule has 1 aromatic rings. The third kappa shape index (κ3) is 4.73. The van der Waals surface area contributed by atoms with Crippen molar-refractivity contribution >= 4 is 15.7 Å². The third-order valence-corrected chi connectivity index (χ3v) is 6.70. The van der Waals surface area contributed by atoms with Crippen molar-refractivity contribution in [3.8, 4) is 5.75 Å². The van der Waals surface area contributed by atoms with E-state index in [0.29, 0.717) is 5.75 Å². The van der Waals surface area contributed by atoms with Crippen LogP contribution in [0.25, 0.3) is 0 Å². The number of hydrogen-bond acceptors (Lipinski definition) is 5. The fourth-order valence-electron chi connectivity index (χ4n) is 3.62. The predicted molar refractivity (Wildman–Crippen MR) is 96.5 cm³/mol. The lowest BCUT2D eigenvalue weighted by Crippen LogP contribution is -2.51. The van der Waals surface area contributed by atoms with Gasteiger partial charge in [0.2, 0.25) is 0 Å². The summed E-state index contributed by atoms with van der Waals surface area (Å²) >= 11 is 0. The summed E-state index contributed by atoms with van der Waals surface area (Å²) in [6.45, 7) is 3.80. The van der Waals surface area contributed by atoms with E-state index in [-0.39, 0.29) is 36.1 Å². The molecule has 6 nitrogen and oxygen atoms in total. The molecule has 1 aromatic carbocycles. The molecule has 3 rings (SSSR count). The molecule has 0 radical (unpaired) electrons. The predicted octanol–water partition coefficient (Wildman–Crippen LogP) is 1.01. The van der Waals surface area contributed by atoms with E-state index in [9.17, 15) is 13.2 Å². The van der Waals surface area contributed by atoms with Crippen LogP contribution < -0.4 is 10.1 Å². The fourth-order valence-corrected chi connectivity index (χ4v) is 5.57. The van der Waals surface area contributed by atoms with Crippen LogP contribution in [-0.2, 0) is 21.1 Å². The molecule has 0 spiro atoms. The van der Waals surface area contributed by atoms with Crippen LogP contribution in [0.2, 0.25) is 0 Å². The third-order valence-electron chi connectivity index (χ3n) is 4.98. The Morgan fingerprint density at radius 1 is 1.20 bits per heavy atom. The normalized spacial score (nSPS) is 25.8. The molecule has 2 aliphatic rings. The highest BCUT2D eigenvalue weighted by molar-refractivity contribution is 7.91. The molecule has 0 aliphatic carbocycles. The molecule has 2 atom stereocenters. The van der Waals surface area contributed by atoms with Gasteiger partial charge < -0.3 is 10.1 Å². The minimum atomic E-state index is -3.10. The summed E-state index contributed by atoms with van der Waals surface area (Å²) in [4.78, 5) is 14.4. The average Bonchev–Trinajstić information content (AvgIpc) is 3.21. The number of carbonyl (C=O) groups excluding carboxylic acids is 1. The monoisotopic (exact) mass is 366 g/mol. The molecule has 1 N–H and O–H groups in total.